The first-order valence-electron chi connectivity index (χ1n) is 6.14. The summed E-state index contributed by atoms with van der Waals surface area (Å²) in [5.41, 5.74) is 9.07. The molecule has 0 fully saturated rings. The third-order valence-electron chi connectivity index (χ3n) is 2.76. The standard InChI is InChI=1S/C15H17ClN2S/c1-9-6-10(2)18-15(7-9)19-12-4-5-13(11(3)17)14(16)8-12/h4-8,11H,17H2,1-3H3. The fourth-order valence-corrected chi connectivity index (χ4v) is 3.32. The number of aromatic nitrogens is 1. The molecular formula is C15H17ClN2S. The van der Waals surface area contributed by atoms with Gasteiger partial charge in [0, 0.05) is 21.7 Å². The number of hydrogen-bond donors (Lipinski definition) is 1. The second kappa shape index (κ2) is 5.95. The average molecular weight is 293 g/mol. The molecule has 4 heteroatoms. The molecule has 2 rings (SSSR count). The van der Waals surface area contributed by atoms with Crippen LogP contribution in [0.15, 0.2) is 40.3 Å². The second-order valence-corrected chi connectivity index (χ2v) is 6.20. The van der Waals surface area contributed by atoms with Crippen molar-refractivity contribution in [3.63, 3.8) is 0 Å². The van der Waals surface area contributed by atoms with Crippen molar-refractivity contribution in [3.05, 3.63) is 52.2 Å². The van der Waals surface area contributed by atoms with Crippen molar-refractivity contribution in [2.75, 3.05) is 0 Å². The van der Waals surface area contributed by atoms with Crippen LogP contribution >= 0.6 is 23.4 Å². The fraction of sp³-hybridized carbons (Fsp3) is 0.267. The van der Waals surface area contributed by atoms with Crippen LogP contribution in [0.4, 0.5) is 0 Å². The van der Waals surface area contributed by atoms with Gasteiger partial charge in [-0.1, -0.05) is 29.4 Å². The lowest BCUT2D eigenvalue weighted by Gasteiger charge is -2.10. The first kappa shape index (κ1) is 14.4. The lowest BCUT2D eigenvalue weighted by Crippen LogP contribution is -2.05. The summed E-state index contributed by atoms with van der Waals surface area (Å²) in [5, 5.41) is 1.70. The van der Waals surface area contributed by atoms with Crippen molar-refractivity contribution < 1.29 is 0 Å². The Labute approximate surface area is 123 Å². The van der Waals surface area contributed by atoms with Crippen LogP contribution in [0.2, 0.25) is 5.02 Å². The molecular weight excluding hydrogens is 276 g/mol. The van der Waals surface area contributed by atoms with Crippen LogP contribution < -0.4 is 5.73 Å². The van der Waals surface area contributed by atoms with E-state index in [2.05, 4.69) is 24.0 Å². The van der Waals surface area contributed by atoms with E-state index >= 15 is 0 Å². The Morgan fingerprint density at radius 2 is 1.95 bits per heavy atom. The number of nitrogens with two attached hydrogens (primary N) is 1. The summed E-state index contributed by atoms with van der Waals surface area (Å²) in [7, 11) is 0. The molecule has 100 valence electrons. The first-order valence-corrected chi connectivity index (χ1v) is 7.33. The summed E-state index contributed by atoms with van der Waals surface area (Å²) in [6.45, 7) is 6.01. The highest BCUT2D eigenvalue weighted by Crippen LogP contribution is 2.31. The maximum atomic E-state index is 6.24. The Hall–Kier alpha value is -1.03. The Morgan fingerprint density at radius 3 is 2.53 bits per heavy atom. The third-order valence-corrected chi connectivity index (χ3v) is 3.99. The summed E-state index contributed by atoms with van der Waals surface area (Å²) in [6, 6.07) is 10.1. The Kier molecular flexibility index (Phi) is 4.50. The molecule has 0 bridgehead atoms. The molecule has 0 saturated carbocycles. The van der Waals surface area contributed by atoms with E-state index in [4.69, 9.17) is 17.3 Å². The van der Waals surface area contributed by atoms with E-state index in [1.807, 2.05) is 32.0 Å². The van der Waals surface area contributed by atoms with Gasteiger partial charge in [-0.15, -0.1) is 0 Å². The van der Waals surface area contributed by atoms with Crippen molar-refractivity contribution >= 4 is 23.4 Å². The van der Waals surface area contributed by atoms with Crippen molar-refractivity contribution in [2.24, 2.45) is 5.73 Å². The number of hydrogen-bond acceptors (Lipinski definition) is 3. The molecule has 0 aliphatic heterocycles. The summed E-state index contributed by atoms with van der Waals surface area (Å²) < 4.78 is 0. The van der Waals surface area contributed by atoms with E-state index in [0.29, 0.717) is 5.02 Å². The second-order valence-electron chi connectivity index (χ2n) is 4.70. The smallest absolute Gasteiger partial charge is 0.101 e. The van der Waals surface area contributed by atoms with Crippen LogP contribution in [0, 0.1) is 13.8 Å². The number of benzene rings is 1. The number of nitrogens with zero attached hydrogens (tertiary/aromatic N) is 1. The predicted molar refractivity (Wildman–Crippen MR) is 81.9 cm³/mol. The molecule has 1 atom stereocenters. The van der Waals surface area contributed by atoms with E-state index < -0.39 is 0 Å². The number of aryl methyl sites for hydroxylation is 2. The topological polar surface area (TPSA) is 38.9 Å². The van der Waals surface area contributed by atoms with Gasteiger partial charge in [0.25, 0.3) is 0 Å². The lowest BCUT2D eigenvalue weighted by molar-refractivity contribution is 0.817. The highest BCUT2D eigenvalue weighted by molar-refractivity contribution is 7.99. The van der Waals surface area contributed by atoms with Crippen molar-refractivity contribution in [3.8, 4) is 0 Å². The highest BCUT2D eigenvalue weighted by Gasteiger charge is 2.07. The molecule has 0 aliphatic rings. The molecule has 0 radical (unpaired) electrons. The van der Waals surface area contributed by atoms with Gasteiger partial charge >= 0.3 is 0 Å². The SMILES string of the molecule is Cc1cc(C)nc(Sc2ccc(C(C)N)c(Cl)c2)c1. The number of rotatable bonds is 3. The minimum Gasteiger partial charge on any atom is -0.324 e. The zero-order valence-corrected chi connectivity index (χ0v) is 12.8. The summed E-state index contributed by atoms with van der Waals surface area (Å²) in [6.07, 6.45) is 0. The zero-order valence-electron chi connectivity index (χ0n) is 11.3. The zero-order chi connectivity index (χ0) is 14.0. The number of pyridine rings is 1. The van der Waals surface area contributed by atoms with Crippen LogP contribution in [0.5, 0.6) is 0 Å². The van der Waals surface area contributed by atoms with E-state index in [1.165, 1.54) is 5.56 Å². The van der Waals surface area contributed by atoms with Crippen molar-refractivity contribution in [1.82, 2.24) is 4.98 Å². The van der Waals surface area contributed by atoms with Crippen molar-refractivity contribution in [2.45, 2.75) is 36.7 Å². The average Bonchev–Trinajstić information content (AvgIpc) is 2.26. The molecule has 1 aromatic heterocycles. The largest absolute Gasteiger partial charge is 0.324 e. The van der Waals surface area contributed by atoms with Gasteiger partial charge in [0.1, 0.15) is 5.03 Å². The normalized spacial score (nSPS) is 12.5. The molecule has 1 heterocycles. The maximum absolute atomic E-state index is 6.24. The fourth-order valence-electron chi connectivity index (χ4n) is 1.92. The molecule has 0 amide bonds. The van der Waals surface area contributed by atoms with Gasteiger partial charge in [-0.05, 0) is 56.2 Å². The Balaban J connectivity index is 2.26. The molecule has 1 aromatic carbocycles. The van der Waals surface area contributed by atoms with Gasteiger partial charge in [-0.25, -0.2) is 4.98 Å². The molecule has 0 spiro atoms. The van der Waals surface area contributed by atoms with Gasteiger partial charge in [-0.2, -0.15) is 0 Å². The van der Waals surface area contributed by atoms with E-state index in [0.717, 1.165) is 21.2 Å². The quantitative estimate of drug-likeness (QED) is 0.904. The predicted octanol–water partition coefficient (Wildman–Crippen LogP) is 4.52. The Morgan fingerprint density at radius 1 is 1.21 bits per heavy atom. The molecule has 0 saturated heterocycles. The molecule has 2 aromatic rings. The van der Waals surface area contributed by atoms with Gasteiger partial charge in [0.05, 0.1) is 0 Å². The molecule has 1 unspecified atom stereocenters. The van der Waals surface area contributed by atoms with E-state index in [9.17, 15) is 0 Å². The Bertz CT molecular complexity index is 576. The molecule has 2 nitrogen and oxygen atoms in total. The van der Waals surface area contributed by atoms with Gasteiger partial charge in [0.2, 0.25) is 0 Å². The monoisotopic (exact) mass is 292 g/mol. The molecule has 2 N–H and O–H groups in total. The van der Waals surface area contributed by atoms with E-state index in [1.54, 1.807) is 11.8 Å². The van der Waals surface area contributed by atoms with Gasteiger partial charge in [0.15, 0.2) is 0 Å². The molecule has 19 heavy (non-hydrogen) atoms. The summed E-state index contributed by atoms with van der Waals surface area (Å²) >= 11 is 7.85. The number of halogens is 1. The minimum atomic E-state index is -0.0501. The van der Waals surface area contributed by atoms with Crippen LogP contribution in [0.1, 0.15) is 29.8 Å². The van der Waals surface area contributed by atoms with E-state index in [-0.39, 0.29) is 6.04 Å². The first-order chi connectivity index (χ1) is 8.95. The van der Waals surface area contributed by atoms with Crippen LogP contribution in [0.25, 0.3) is 0 Å². The van der Waals surface area contributed by atoms with Crippen LogP contribution in [-0.4, -0.2) is 4.98 Å². The van der Waals surface area contributed by atoms with Gasteiger partial charge in [-0.3, -0.25) is 0 Å². The lowest BCUT2D eigenvalue weighted by atomic mass is 10.1. The molecule has 0 aliphatic carbocycles. The highest BCUT2D eigenvalue weighted by atomic mass is 35.5. The van der Waals surface area contributed by atoms with Crippen molar-refractivity contribution in [1.29, 1.82) is 0 Å². The third kappa shape index (κ3) is 3.72. The summed E-state index contributed by atoms with van der Waals surface area (Å²) in [5.74, 6) is 0. The van der Waals surface area contributed by atoms with Crippen LogP contribution in [0.3, 0.4) is 0 Å². The van der Waals surface area contributed by atoms with Gasteiger partial charge < -0.3 is 5.73 Å². The minimum absolute atomic E-state index is 0.0501. The maximum Gasteiger partial charge on any atom is 0.101 e. The summed E-state index contributed by atoms with van der Waals surface area (Å²) in [4.78, 5) is 5.59. The van der Waals surface area contributed by atoms with Crippen LogP contribution in [-0.2, 0) is 0 Å².